The van der Waals surface area contributed by atoms with E-state index in [-0.39, 0.29) is 10.7 Å². The zero-order valence-corrected chi connectivity index (χ0v) is 9.91. The van der Waals surface area contributed by atoms with E-state index in [0.29, 0.717) is 17.7 Å². The highest BCUT2D eigenvalue weighted by molar-refractivity contribution is 9.10. The van der Waals surface area contributed by atoms with E-state index in [1.165, 1.54) is 0 Å². The van der Waals surface area contributed by atoms with Gasteiger partial charge in [0.15, 0.2) is 0 Å². The van der Waals surface area contributed by atoms with Gasteiger partial charge in [-0.05, 0) is 18.6 Å². The van der Waals surface area contributed by atoms with Crippen molar-refractivity contribution in [2.45, 2.75) is 18.2 Å². The summed E-state index contributed by atoms with van der Waals surface area (Å²) < 4.78 is 0. The topological polar surface area (TPSA) is 52.9 Å². The summed E-state index contributed by atoms with van der Waals surface area (Å²) >= 11 is 3.25. The zero-order chi connectivity index (χ0) is 11.3. The second-order valence-corrected chi connectivity index (χ2v) is 4.13. The second-order valence-electron chi connectivity index (χ2n) is 3.02. The average molecular weight is 267 g/mol. The first-order chi connectivity index (χ1) is 7.19. The number of para-hydroxylation sites is 1. The largest absolute Gasteiger partial charge is 0.324 e. The number of nitriles is 1. The number of alkyl halides is 1. The van der Waals surface area contributed by atoms with Crippen LogP contribution >= 0.6 is 15.9 Å². The first-order valence-corrected chi connectivity index (χ1v) is 5.54. The van der Waals surface area contributed by atoms with Gasteiger partial charge in [-0.1, -0.05) is 35.0 Å². The van der Waals surface area contributed by atoms with Gasteiger partial charge in [-0.25, -0.2) is 0 Å². The van der Waals surface area contributed by atoms with E-state index in [2.05, 4.69) is 21.2 Å². The third kappa shape index (κ3) is 3.07. The number of rotatable bonds is 3. The molecular formula is C11H11BrN2O. The lowest BCUT2D eigenvalue weighted by atomic mass is 10.2. The molecular weight excluding hydrogens is 256 g/mol. The van der Waals surface area contributed by atoms with E-state index in [1.807, 2.05) is 13.0 Å². The quantitative estimate of drug-likeness (QED) is 0.856. The van der Waals surface area contributed by atoms with E-state index in [0.717, 1.165) is 0 Å². The Hall–Kier alpha value is -1.34. The first-order valence-electron chi connectivity index (χ1n) is 4.63. The summed E-state index contributed by atoms with van der Waals surface area (Å²) in [4.78, 5) is 11.3. The summed E-state index contributed by atoms with van der Waals surface area (Å²) in [7, 11) is 0. The molecule has 3 nitrogen and oxygen atoms in total. The molecule has 0 fully saturated rings. The number of hydrogen-bond acceptors (Lipinski definition) is 2. The third-order valence-electron chi connectivity index (χ3n) is 1.95. The smallest absolute Gasteiger partial charge is 0.238 e. The summed E-state index contributed by atoms with van der Waals surface area (Å²) in [5.41, 5.74) is 1.03. The van der Waals surface area contributed by atoms with Gasteiger partial charge in [0.2, 0.25) is 5.91 Å². The summed E-state index contributed by atoms with van der Waals surface area (Å²) in [6.45, 7) is 1.91. The SMILES string of the molecule is CCC(Br)C(=O)Nc1ccccc1C#N. The van der Waals surface area contributed by atoms with E-state index >= 15 is 0 Å². The molecule has 0 aliphatic heterocycles. The van der Waals surface area contributed by atoms with Crippen molar-refractivity contribution < 1.29 is 4.79 Å². The highest BCUT2D eigenvalue weighted by Crippen LogP contribution is 2.15. The Morgan fingerprint density at radius 1 is 1.60 bits per heavy atom. The van der Waals surface area contributed by atoms with Crippen molar-refractivity contribution in [2.75, 3.05) is 5.32 Å². The Labute approximate surface area is 97.2 Å². The van der Waals surface area contributed by atoms with Gasteiger partial charge in [-0.2, -0.15) is 5.26 Å². The summed E-state index contributed by atoms with van der Waals surface area (Å²) in [6.07, 6.45) is 0.709. The van der Waals surface area contributed by atoms with Crippen molar-refractivity contribution in [3.8, 4) is 6.07 Å². The van der Waals surface area contributed by atoms with Crippen LogP contribution in [0.15, 0.2) is 24.3 Å². The van der Waals surface area contributed by atoms with Crippen molar-refractivity contribution in [3.05, 3.63) is 29.8 Å². The maximum Gasteiger partial charge on any atom is 0.238 e. The summed E-state index contributed by atoms with van der Waals surface area (Å²) in [6, 6.07) is 8.96. The fourth-order valence-electron chi connectivity index (χ4n) is 1.09. The number of carbonyl (C=O) groups excluding carboxylic acids is 1. The number of nitrogens with one attached hydrogen (secondary N) is 1. The fourth-order valence-corrected chi connectivity index (χ4v) is 1.20. The first kappa shape index (κ1) is 11.7. The number of nitrogens with zero attached hydrogens (tertiary/aromatic N) is 1. The van der Waals surface area contributed by atoms with E-state index in [1.54, 1.807) is 24.3 Å². The van der Waals surface area contributed by atoms with Crippen LogP contribution in [0, 0.1) is 11.3 Å². The predicted molar refractivity (Wildman–Crippen MR) is 62.8 cm³/mol. The molecule has 78 valence electrons. The van der Waals surface area contributed by atoms with Gasteiger partial charge in [-0.15, -0.1) is 0 Å². The van der Waals surface area contributed by atoms with Crippen LogP contribution in [0.3, 0.4) is 0 Å². The Kier molecular flexibility index (Phi) is 4.32. The summed E-state index contributed by atoms with van der Waals surface area (Å²) in [5, 5.41) is 11.5. The Bertz CT molecular complexity index is 398. The molecule has 4 heteroatoms. The minimum absolute atomic E-state index is 0.125. The highest BCUT2D eigenvalue weighted by Gasteiger charge is 2.13. The van der Waals surface area contributed by atoms with Crippen LogP contribution in [0.1, 0.15) is 18.9 Å². The molecule has 1 amide bonds. The minimum Gasteiger partial charge on any atom is -0.324 e. The van der Waals surface area contributed by atoms with E-state index < -0.39 is 0 Å². The highest BCUT2D eigenvalue weighted by atomic mass is 79.9. The van der Waals surface area contributed by atoms with E-state index in [4.69, 9.17) is 5.26 Å². The minimum atomic E-state index is -0.218. The molecule has 0 bridgehead atoms. The molecule has 1 aromatic rings. The molecule has 0 saturated carbocycles. The van der Waals surface area contributed by atoms with Gasteiger partial charge in [0.25, 0.3) is 0 Å². The van der Waals surface area contributed by atoms with E-state index in [9.17, 15) is 4.79 Å². The lowest BCUT2D eigenvalue weighted by Gasteiger charge is -2.09. The molecule has 15 heavy (non-hydrogen) atoms. The fraction of sp³-hybridized carbons (Fsp3) is 0.273. The molecule has 0 aliphatic carbocycles. The molecule has 1 aromatic carbocycles. The number of anilines is 1. The van der Waals surface area contributed by atoms with Gasteiger partial charge in [-0.3, -0.25) is 4.79 Å². The van der Waals surface area contributed by atoms with Crippen molar-refractivity contribution >= 4 is 27.5 Å². The molecule has 1 atom stereocenters. The van der Waals surface area contributed by atoms with Crippen LogP contribution in [0.4, 0.5) is 5.69 Å². The zero-order valence-electron chi connectivity index (χ0n) is 8.33. The van der Waals surface area contributed by atoms with Gasteiger partial charge in [0, 0.05) is 0 Å². The summed E-state index contributed by atoms with van der Waals surface area (Å²) in [5.74, 6) is -0.125. The number of carbonyl (C=O) groups is 1. The molecule has 0 radical (unpaired) electrons. The second kappa shape index (κ2) is 5.52. The third-order valence-corrected chi connectivity index (χ3v) is 3.01. The molecule has 1 rings (SSSR count). The van der Waals surface area contributed by atoms with Crippen LogP contribution in [-0.2, 0) is 4.79 Å². The molecule has 0 aliphatic rings. The lowest BCUT2D eigenvalue weighted by Crippen LogP contribution is -2.22. The standard InChI is InChI=1S/C11H11BrN2O/c1-2-9(12)11(15)14-10-6-4-3-5-8(10)7-13/h3-6,9H,2H2,1H3,(H,14,15). The maximum absolute atomic E-state index is 11.5. The normalized spacial score (nSPS) is 11.5. The molecule has 1 N–H and O–H groups in total. The Morgan fingerprint density at radius 2 is 2.27 bits per heavy atom. The molecule has 0 spiro atoms. The van der Waals surface area contributed by atoms with Crippen LogP contribution in [0.25, 0.3) is 0 Å². The number of amides is 1. The lowest BCUT2D eigenvalue weighted by molar-refractivity contribution is -0.115. The van der Waals surface area contributed by atoms with Crippen molar-refractivity contribution in [1.82, 2.24) is 0 Å². The van der Waals surface area contributed by atoms with Gasteiger partial charge < -0.3 is 5.32 Å². The number of hydrogen-bond donors (Lipinski definition) is 1. The Morgan fingerprint density at radius 3 is 2.87 bits per heavy atom. The van der Waals surface area contributed by atoms with Crippen molar-refractivity contribution in [2.24, 2.45) is 0 Å². The monoisotopic (exact) mass is 266 g/mol. The van der Waals surface area contributed by atoms with Gasteiger partial charge in [0.1, 0.15) is 6.07 Å². The molecule has 0 saturated heterocycles. The van der Waals surface area contributed by atoms with Gasteiger partial charge in [0.05, 0.1) is 16.1 Å². The predicted octanol–water partition coefficient (Wildman–Crippen LogP) is 2.67. The van der Waals surface area contributed by atoms with Gasteiger partial charge >= 0.3 is 0 Å². The molecule has 0 heterocycles. The number of benzene rings is 1. The van der Waals surface area contributed by atoms with Crippen LogP contribution < -0.4 is 5.32 Å². The Balaban J connectivity index is 2.81. The molecule has 1 unspecified atom stereocenters. The van der Waals surface area contributed by atoms with Crippen LogP contribution in [0.2, 0.25) is 0 Å². The van der Waals surface area contributed by atoms with Crippen LogP contribution in [-0.4, -0.2) is 10.7 Å². The molecule has 0 aromatic heterocycles. The van der Waals surface area contributed by atoms with Crippen molar-refractivity contribution in [1.29, 1.82) is 5.26 Å². The average Bonchev–Trinajstić information content (AvgIpc) is 2.28. The maximum atomic E-state index is 11.5. The van der Waals surface area contributed by atoms with Crippen LogP contribution in [0.5, 0.6) is 0 Å². The van der Waals surface area contributed by atoms with Crippen molar-refractivity contribution in [3.63, 3.8) is 0 Å². The number of halogens is 1.